The highest BCUT2D eigenvalue weighted by atomic mass is 16.1. The van der Waals surface area contributed by atoms with E-state index in [0.717, 1.165) is 16.7 Å². The van der Waals surface area contributed by atoms with Gasteiger partial charge in [-0.15, -0.1) is 0 Å². The highest BCUT2D eigenvalue weighted by Crippen LogP contribution is 2.16. The summed E-state index contributed by atoms with van der Waals surface area (Å²) in [4.78, 5) is 12.4. The van der Waals surface area contributed by atoms with E-state index in [1.165, 1.54) is 0 Å². The van der Waals surface area contributed by atoms with Crippen LogP contribution in [0.3, 0.4) is 0 Å². The number of imidazole rings is 1. The average molecular weight is 238 g/mol. The molecular formula is C15H14N2O. The van der Waals surface area contributed by atoms with Crippen molar-refractivity contribution in [3.63, 3.8) is 0 Å². The van der Waals surface area contributed by atoms with Gasteiger partial charge >= 0.3 is 5.69 Å². The van der Waals surface area contributed by atoms with Crippen molar-refractivity contribution >= 4 is 11.0 Å². The molecule has 0 aliphatic rings. The van der Waals surface area contributed by atoms with Gasteiger partial charge in [0.25, 0.3) is 0 Å². The van der Waals surface area contributed by atoms with Crippen LogP contribution in [-0.4, -0.2) is 9.13 Å². The first-order valence-electron chi connectivity index (χ1n) is 6.08. The number of aryl methyl sites for hydroxylation is 1. The highest BCUT2D eigenvalue weighted by Gasteiger charge is 2.12. The second kappa shape index (κ2) is 4.18. The third kappa shape index (κ3) is 1.48. The standard InChI is InChI=1S/C15H14N2O/c1-2-16-13-10-6-7-11-14(13)17(15(16)18)12-8-4-3-5-9-12/h3-11H,2H2,1H3. The molecule has 0 aliphatic heterocycles. The predicted octanol–water partition coefficient (Wildman–Crippen LogP) is 2.81. The topological polar surface area (TPSA) is 26.9 Å². The quantitative estimate of drug-likeness (QED) is 0.674. The average Bonchev–Trinajstić information content (AvgIpc) is 2.71. The van der Waals surface area contributed by atoms with E-state index in [-0.39, 0.29) is 5.69 Å². The highest BCUT2D eigenvalue weighted by molar-refractivity contribution is 5.78. The number of benzene rings is 2. The van der Waals surface area contributed by atoms with E-state index in [2.05, 4.69) is 0 Å². The first-order valence-corrected chi connectivity index (χ1v) is 6.08. The number of hydrogen-bond acceptors (Lipinski definition) is 1. The first-order chi connectivity index (χ1) is 8.83. The van der Waals surface area contributed by atoms with Crippen molar-refractivity contribution in [1.82, 2.24) is 9.13 Å². The third-order valence-corrected chi connectivity index (χ3v) is 3.17. The maximum atomic E-state index is 12.4. The molecule has 0 atom stereocenters. The zero-order chi connectivity index (χ0) is 12.5. The molecule has 0 saturated carbocycles. The molecule has 0 spiro atoms. The van der Waals surface area contributed by atoms with Gasteiger partial charge in [-0.25, -0.2) is 4.79 Å². The van der Waals surface area contributed by atoms with E-state index >= 15 is 0 Å². The molecule has 1 aromatic heterocycles. The number of fused-ring (bicyclic) bond motifs is 1. The molecule has 3 rings (SSSR count). The molecule has 2 aromatic carbocycles. The van der Waals surface area contributed by atoms with Gasteiger partial charge in [-0.2, -0.15) is 0 Å². The Kier molecular flexibility index (Phi) is 2.52. The molecule has 0 saturated heterocycles. The fourth-order valence-electron chi connectivity index (χ4n) is 2.34. The zero-order valence-corrected chi connectivity index (χ0v) is 10.2. The van der Waals surface area contributed by atoms with E-state index < -0.39 is 0 Å². The van der Waals surface area contributed by atoms with Crippen LogP contribution in [0.5, 0.6) is 0 Å². The van der Waals surface area contributed by atoms with Crippen molar-refractivity contribution in [1.29, 1.82) is 0 Å². The van der Waals surface area contributed by atoms with Gasteiger partial charge < -0.3 is 0 Å². The Bertz CT molecular complexity index is 738. The molecule has 0 amide bonds. The van der Waals surface area contributed by atoms with Crippen LogP contribution in [0.15, 0.2) is 59.4 Å². The number of hydrogen-bond donors (Lipinski definition) is 0. The molecule has 0 N–H and O–H groups in total. The van der Waals surface area contributed by atoms with Crippen LogP contribution >= 0.6 is 0 Å². The Labute approximate surface area is 105 Å². The monoisotopic (exact) mass is 238 g/mol. The third-order valence-electron chi connectivity index (χ3n) is 3.17. The van der Waals surface area contributed by atoms with Gasteiger partial charge in [0.05, 0.1) is 16.7 Å². The number of rotatable bonds is 2. The van der Waals surface area contributed by atoms with E-state index in [1.807, 2.05) is 61.5 Å². The summed E-state index contributed by atoms with van der Waals surface area (Å²) >= 11 is 0. The number of aromatic nitrogens is 2. The molecule has 3 heteroatoms. The van der Waals surface area contributed by atoms with Crippen LogP contribution in [-0.2, 0) is 6.54 Å². The van der Waals surface area contributed by atoms with Crippen molar-refractivity contribution in [3.8, 4) is 5.69 Å². The Hall–Kier alpha value is -2.29. The summed E-state index contributed by atoms with van der Waals surface area (Å²) in [5, 5.41) is 0. The zero-order valence-electron chi connectivity index (χ0n) is 10.2. The number of nitrogens with zero attached hydrogens (tertiary/aromatic N) is 2. The smallest absolute Gasteiger partial charge is 0.292 e. The van der Waals surface area contributed by atoms with Crippen molar-refractivity contribution in [3.05, 3.63) is 65.1 Å². The molecule has 0 aliphatic carbocycles. The Morgan fingerprint density at radius 1 is 0.889 bits per heavy atom. The minimum absolute atomic E-state index is 0.0184. The van der Waals surface area contributed by atoms with Gasteiger partial charge in [0, 0.05) is 6.54 Å². The summed E-state index contributed by atoms with van der Waals surface area (Å²) in [7, 11) is 0. The lowest BCUT2D eigenvalue weighted by atomic mass is 10.3. The summed E-state index contributed by atoms with van der Waals surface area (Å²) in [5.41, 5.74) is 2.86. The predicted molar refractivity (Wildman–Crippen MR) is 73.2 cm³/mol. The lowest BCUT2D eigenvalue weighted by molar-refractivity contribution is 0.734. The minimum Gasteiger partial charge on any atom is -0.292 e. The van der Waals surface area contributed by atoms with Crippen LogP contribution in [0.4, 0.5) is 0 Å². The van der Waals surface area contributed by atoms with Crippen LogP contribution in [0.2, 0.25) is 0 Å². The summed E-state index contributed by atoms with van der Waals surface area (Å²) < 4.78 is 3.56. The van der Waals surface area contributed by atoms with Crippen LogP contribution in [0.25, 0.3) is 16.7 Å². The van der Waals surface area contributed by atoms with E-state index in [9.17, 15) is 4.79 Å². The van der Waals surface area contributed by atoms with E-state index in [4.69, 9.17) is 0 Å². The summed E-state index contributed by atoms with van der Waals surface area (Å²) in [6.07, 6.45) is 0. The SMILES string of the molecule is CCn1c(=O)n(-c2ccccc2)c2ccccc21. The second-order valence-corrected chi connectivity index (χ2v) is 4.19. The van der Waals surface area contributed by atoms with Gasteiger partial charge in [-0.05, 0) is 31.2 Å². The van der Waals surface area contributed by atoms with E-state index in [1.54, 1.807) is 9.13 Å². The van der Waals surface area contributed by atoms with Crippen molar-refractivity contribution in [2.24, 2.45) is 0 Å². The molecular weight excluding hydrogens is 224 g/mol. The minimum atomic E-state index is 0.0184. The summed E-state index contributed by atoms with van der Waals surface area (Å²) in [6, 6.07) is 17.6. The molecule has 0 fully saturated rings. The fourth-order valence-corrected chi connectivity index (χ4v) is 2.34. The number of para-hydroxylation sites is 3. The van der Waals surface area contributed by atoms with E-state index in [0.29, 0.717) is 6.54 Å². The maximum Gasteiger partial charge on any atom is 0.333 e. The molecule has 0 radical (unpaired) electrons. The molecule has 1 heterocycles. The first kappa shape index (κ1) is 10.8. The van der Waals surface area contributed by atoms with Gasteiger partial charge in [-0.3, -0.25) is 9.13 Å². The molecule has 18 heavy (non-hydrogen) atoms. The van der Waals surface area contributed by atoms with Crippen molar-refractivity contribution < 1.29 is 0 Å². The van der Waals surface area contributed by atoms with Crippen LogP contribution in [0, 0.1) is 0 Å². The normalized spacial score (nSPS) is 10.9. The largest absolute Gasteiger partial charge is 0.333 e. The molecule has 3 aromatic rings. The molecule has 3 nitrogen and oxygen atoms in total. The van der Waals surface area contributed by atoms with Crippen LogP contribution < -0.4 is 5.69 Å². The summed E-state index contributed by atoms with van der Waals surface area (Å²) in [5.74, 6) is 0. The van der Waals surface area contributed by atoms with Gasteiger partial charge in [0.15, 0.2) is 0 Å². The molecule has 0 bridgehead atoms. The Morgan fingerprint density at radius 2 is 1.50 bits per heavy atom. The second-order valence-electron chi connectivity index (χ2n) is 4.19. The Morgan fingerprint density at radius 3 is 2.17 bits per heavy atom. The van der Waals surface area contributed by atoms with Crippen molar-refractivity contribution in [2.75, 3.05) is 0 Å². The van der Waals surface area contributed by atoms with Gasteiger partial charge in [0.2, 0.25) is 0 Å². The maximum absolute atomic E-state index is 12.4. The fraction of sp³-hybridized carbons (Fsp3) is 0.133. The van der Waals surface area contributed by atoms with Crippen LogP contribution in [0.1, 0.15) is 6.92 Å². The molecule has 90 valence electrons. The van der Waals surface area contributed by atoms with Crippen molar-refractivity contribution in [2.45, 2.75) is 13.5 Å². The lowest BCUT2D eigenvalue weighted by Crippen LogP contribution is -2.22. The van der Waals surface area contributed by atoms with Gasteiger partial charge in [-0.1, -0.05) is 30.3 Å². The molecule has 0 unspecified atom stereocenters. The van der Waals surface area contributed by atoms with Gasteiger partial charge in [0.1, 0.15) is 0 Å². The lowest BCUT2D eigenvalue weighted by Gasteiger charge is -2.01. The summed E-state index contributed by atoms with van der Waals surface area (Å²) in [6.45, 7) is 2.67. The Balaban J connectivity index is 2.43.